The lowest BCUT2D eigenvalue weighted by Crippen LogP contribution is -2.64. The van der Waals surface area contributed by atoms with Gasteiger partial charge in [0.05, 0.1) is 19.0 Å². The summed E-state index contributed by atoms with van der Waals surface area (Å²) in [5, 5.41) is 9.99. The van der Waals surface area contributed by atoms with Gasteiger partial charge >= 0.3 is 0 Å². The molecule has 0 saturated heterocycles. The van der Waals surface area contributed by atoms with Crippen molar-refractivity contribution in [1.29, 1.82) is 0 Å². The van der Waals surface area contributed by atoms with Crippen molar-refractivity contribution >= 4 is 0 Å². The molecule has 0 bridgehead atoms. The van der Waals surface area contributed by atoms with Gasteiger partial charge in [-0.15, -0.1) is 0 Å². The van der Waals surface area contributed by atoms with Gasteiger partial charge in [0.15, 0.2) is 0 Å². The van der Waals surface area contributed by atoms with Gasteiger partial charge in [-0.05, 0) is 18.8 Å². The minimum atomic E-state index is -1.06. The van der Waals surface area contributed by atoms with Crippen LogP contribution in [0.4, 0.5) is 8.78 Å². The Morgan fingerprint density at radius 3 is 2.00 bits per heavy atom. The van der Waals surface area contributed by atoms with Crippen LogP contribution < -0.4 is 5.73 Å². The van der Waals surface area contributed by atoms with Gasteiger partial charge in [0, 0.05) is 11.5 Å². The molecule has 4 heteroatoms. The number of hydrogen-bond donors (Lipinski definition) is 2. The third kappa shape index (κ3) is 1.77. The van der Waals surface area contributed by atoms with Crippen molar-refractivity contribution < 1.29 is 13.9 Å². The quantitative estimate of drug-likeness (QED) is 0.732. The number of hydrogen-bond acceptors (Lipinski definition) is 2. The van der Waals surface area contributed by atoms with Crippen LogP contribution in [-0.4, -0.2) is 30.1 Å². The second-order valence-corrected chi connectivity index (χ2v) is 4.99. The predicted molar refractivity (Wildman–Crippen MR) is 51.4 cm³/mol. The number of nitrogens with two attached hydrogens (primary N) is 1. The first-order valence-electron chi connectivity index (χ1n) is 4.99. The van der Waals surface area contributed by atoms with Gasteiger partial charge in [-0.25, -0.2) is 0 Å². The molecule has 0 radical (unpaired) electrons. The van der Waals surface area contributed by atoms with E-state index in [-0.39, 0.29) is 18.8 Å². The summed E-state index contributed by atoms with van der Waals surface area (Å²) in [6.07, 6.45) is 0.290. The van der Waals surface area contributed by atoms with Gasteiger partial charge < -0.3 is 10.8 Å². The highest BCUT2D eigenvalue weighted by Gasteiger charge is 2.57. The molecule has 1 atom stereocenters. The Hall–Kier alpha value is -0.220. The summed E-state index contributed by atoms with van der Waals surface area (Å²) in [5.41, 5.74) is 3.77. The number of alkyl halides is 2. The summed E-state index contributed by atoms with van der Waals surface area (Å²) in [5.74, 6) is 0.122. The summed E-state index contributed by atoms with van der Waals surface area (Å²) in [7, 11) is 0. The molecular weight excluding hydrogens is 188 g/mol. The maximum Gasteiger partial charge on any atom is 0.0977 e. The summed E-state index contributed by atoms with van der Waals surface area (Å²) >= 11 is 0. The number of halogens is 2. The molecule has 1 saturated carbocycles. The Balaban J connectivity index is 2.59. The first-order valence-corrected chi connectivity index (χ1v) is 4.99. The highest BCUT2D eigenvalue weighted by atomic mass is 19.1. The fourth-order valence-corrected chi connectivity index (χ4v) is 2.33. The zero-order valence-corrected chi connectivity index (χ0v) is 8.76. The summed E-state index contributed by atoms with van der Waals surface area (Å²) < 4.78 is 25.0. The lowest BCUT2D eigenvalue weighted by Gasteiger charge is -2.54. The lowest BCUT2D eigenvalue weighted by molar-refractivity contribution is -0.163. The van der Waals surface area contributed by atoms with Gasteiger partial charge in [0.25, 0.3) is 0 Å². The maximum atomic E-state index is 12.5. The van der Waals surface area contributed by atoms with Gasteiger partial charge in [0.2, 0.25) is 0 Å². The Kier molecular flexibility index (Phi) is 3.17. The van der Waals surface area contributed by atoms with Gasteiger partial charge in [0.1, 0.15) is 0 Å². The summed E-state index contributed by atoms with van der Waals surface area (Å²) in [4.78, 5) is 0. The molecule has 1 fully saturated rings. The molecule has 2 nitrogen and oxygen atoms in total. The van der Waals surface area contributed by atoms with Crippen molar-refractivity contribution in [2.75, 3.05) is 13.3 Å². The maximum absolute atomic E-state index is 12.5. The molecule has 0 heterocycles. The van der Waals surface area contributed by atoms with Crippen molar-refractivity contribution in [1.82, 2.24) is 0 Å². The van der Waals surface area contributed by atoms with E-state index in [1.165, 1.54) is 0 Å². The van der Waals surface area contributed by atoms with Crippen molar-refractivity contribution in [3.05, 3.63) is 0 Å². The van der Waals surface area contributed by atoms with Crippen LogP contribution in [0.15, 0.2) is 0 Å². The first kappa shape index (κ1) is 11.9. The van der Waals surface area contributed by atoms with E-state index in [0.717, 1.165) is 0 Å². The minimum Gasteiger partial charge on any atom is -0.388 e. The molecule has 84 valence electrons. The molecule has 1 aliphatic carbocycles. The van der Waals surface area contributed by atoms with Crippen LogP contribution in [-0.2, 0) is 0 Å². The smallest absolute Gasteiger partial charge is 0.0977 e. The van der Waals surface area contributed by atoms with Crippen LogP contribution in [0, 0.1) is 11.3 Å². The molecule has 1 unspecified atom stereocenters. The van der Waals surface area contributed by atoms with E-state index >= 15 is 0 Å². The largest absolute Gasteiger partial charge is 0.388 e. The van der Waals surface area contributed by atoms with Crippen LogP contribution in [0.1, 0.15) is 26.7 Å². The van der Waals surface area contributed by atoms with E-state index in [1.54, 1.807) is 0 Å². The molecule has 0 aromatic heterocycles. The van der Waals surface area contributed by atoms with Crippen LogP contribution in [0.2, 0.25) is 0 Å². The van der Waals surface area contributed by atoms with Crippen LogP contribution >= 0.6 is 0 Å². The average Bonchev–Trinajstić information content (AvgIpc) is 2.11. The number of rotatable bonds is 4. The van der Waals surface area contributed by atoms with Crippen molar-refractivity contribution in [2.24, 2.45) is 17.1 Å². The third-order valence-corrected chi connectivity index (χ3v) is 3.27. The Bertz CT molecular complexity index is 196. The van der Waals surface area contributed by atoms with Crippen LogP contribution in [0.25, 0.3) is 0 Å². The molecular formula is C10H19F2NO. The topological polar surface area (TPSA) is 46.2 Å². The van der Waals surface area contributed by atoms with E-state index in [9.17, 15) is 13.9 Å². The van der Waals surface area contributed by atoms with E-state index in [1.807, 2.05) is 13.8 Å². The van der Waals surface area contributed by atoms with E-state index in [0.29, 0.717) is 0 Å². The van der Waals surface area contributed by atoms with Crippen molar-refractivity contribution in [2.45, 2.75) is 38.3 Å². The first-order chi connectivity index (χ1) is 6.39. The van der Waals surface area contributed by atoms with Gasteiger partial charge in [-0.2, -0.15) is 0 Å². The molecule has 0 aromatic rings. The molecule has 1 rings (SSSR count). The predicted octanol–water partition coefficient (Wildman–Crippen LogP) is 1.42. The molecule has 0 aliphatic heterocycles. The standard InChI is InChI=1S/C10H19F2NO/c1-7(2)8(13)10(14)3-9(4-10,5-11)6-12/h7-8,14H,3-6,13H2,1-2H3. The van der Waals surface area contributed by atoms with Gasteiger partial charge in [-0.3, -0.25) is 8.78 Å². The Morgan fingerprint density at radius 2 is 1.71 bits per heavy atom. The molecule has 3 N–H and O–H groups in total. The zero-order chi connectivity index (χ0) is 11.0. The van der Waals surface area contributed by atoms with Crippen molar-refractivity contribution in [3.8, 4) is 0 Å². The minimum absolute atomic E-state index is 0.122. The fourth-order valence-electron chi connectivity index (χ4n) is 2.33. The highest BCUT2D eigenvalue weighted by molar-refractivity contribution is 5.09. The lowest BCUT2D eigenvalue weighted by atomic mass is 9.56. The molecule has 14 heavy (non-hydrogen) atoms. The molecule has 1 aliphatic rings. The average molecular weight is 207 g/mol. The Labute approximate surface area is 83.5 Å². The van der Waals surface area contributed by atoms with E-state index in [4.69, 9.17) is 5.73 Å². The monoisotopic (exact) mass is 207 g/mol. The molecule has 0 aromatic carbocycles. The SMILES string of the molecule is CC(C)C(N)C1(O)CC(CF)(CF)C1. The highest BCUT2D eigenvalue weighted by Crippen LogP contribution is 2.51. The summed E-state index contributed by atoms with van der Waals surface area (Å²) in [6, 6.07) is -0.395. The summed E-state index contributed by atoms with van der Waals surface area (Å²) in [6.45, 7) is 2.37. The van der Waals surface area contributed by atoms with Crippen LogP contribution in [0.5, 0.6) is 0 Å². The second kappa shape index (κ2) is 3.74. The zero-order valence-electron chi connectivity index (χ0n) is 8.76. The van der Waals surface area contributed by atoms with Crippen molar-refractivity contribution in [3.63, 3.8) is 0 Å². The van der Waals surface area contributed by atoms with Gasteiger partial charge in [-0.1, -0.05) is 13.8 Å². The van der Waals surface area contributed by atoms with Crippen LogP contribution in [0.3, 0.4) is 0 Å². The van der Waals surface area contributed by atoms with E-state index in [2.05, 4.69) is 0 Å². The molecule has 0 spiro atoms. The van der Waals surface area contributed by atoms with E-state index < -0.39 is 30.4 Å². The third-order valence-electron chi connectivity index (χ3n) is 3.27. The molecule has 0 amide bonds. The number of aliphatic hydroxyl groups is 1. The Morgan fingerprint density at radius 1 is 1.29 bits per heavy atom. The fraction of sp³-hybridized carbons (Fsp3) is 1.00. The normalized spacial score (nSPS) is 25.9. The second-order valence-electron chi connectivity index (χ2n) is 4.99.